The molecule has 3 nitrogen and oxygen atoms in total. The third-order valence-electron chi connectivity index (χ3n) is 2.78. The topological polar surface area (TPSA) is 41.5 Å². The smallest absolute Gasteiger partial charge is 0.136 e. The highest BCUT2D eigenvalue weighted by Crippen LogP contribution is 2.26. The summed E-state index contributed by atoms with van der Waals surface area (Å²) in [6, 6.07) is 4.78. The average Bonchev–Trinajstić information content (AvgIpc) is 3.12. The number of rotatable bonds is 6. The van der Waals surface area contributed by atoms with Crippen LogP contribution >= 0.6 is 15.9 Å². The second-order valence-corrected chi connectivity index (χ2v) is 5.87. The first-order valence-corrected chi connectivity index (χ1v) is 6.79. The van der Waals surface area contributed by atoms with Crippen molar-refractivity contribution in [2.24, 2.45) is 0 Å². The van der Waals surface area contributed by atoms with E-state index in [4.69, 9.17) is 4.74 Å². The second kappa shape index (κ2) is 5.55. The minimum Gasteiger partial charge on any atom is -0.489 e. The molecular weight excluding hydrogens is 301 g/mol. The number of nitrogens with one attached hydrogen (secondary N) is 1. The molecule has 0 saturated heterocycles. The van der Waals surface area contributed by atoms with Gasteiger partial charge in [-0.25, -0.2) is 4.39 Å². The van der Waals surface area contributed by atoms with Crippen molar-refractivity contribution < 1.29 is 14.2 Å². The van der Waals surface area contributed by atoms with Gasteiger partial charge in [0, 0.05) is 18.7 Å². The summed E-state index contributed by atoms with van der Waals surface area (Å²) in [5.41, 5.74) is -0.964. The molecule has 18 heavy (non-hydrogen) atoms. The summed E-state index contributed by atoms with van der Waals surface area (Å²) in [5, 5.41) is 13.4. The van der Waals surface area contributed by atoms with Crippen LogP contribution in [0.1, 0.15) is 19.8 Å². The van der Waals surface area contributed by atoms with Crippen molar-refractivity contribution in [3.63, 3.8) is 0 Å². The van der Waals surface area contributed by atoms with Gasteiger partial charge in [0.15, 0.2) is 0 Å². The van der Waals surface area contributed by atoms with Gasteiger partial charge < -0.3 is 15.2 Å². The highest BCUT2D eigenvalue weighted by molar-refractivity contribution is 9.10. The Balaban J connectivity index is 1.86. The highest BCUT2D eigenvalue weighted by Gasteiger charge is 2.27. The van der Waals surface area contributed by atoms with E-state index in [2.05, 4.69) is 21.2 Å². The molecule has 0 radical (unpaired) electrons. The summed E-state index contributed by atoms with van der Waals surface area (Å²) in [6.07, 6.45) is 2.35. The van der Waals surface area contributed by atoms with Crippen LogP contribution in [0.5, 0.6) is 5.75 Å². The molecular formula is C13H17BrFNO2. The van der Waals surface area contributed by atoms with Gasteiger partial charge in [-0.3, -0.25) is 0 Å². The van der Waals surface area contributed by atoms with Crippen molar-refractivity contribution in [1.29, 1.82) is 0 Å². The fraction of sp³-hybridized carbons (Fsp3) is 0.538. The molecule has 1 aromatic rings. The lowest BCUT2D eigenvalue weighted by Gasteiger charge is -2.24. The van der Waals surface area contributed by atoms with Crippen LogP contribution in [0.15, 0.2) is 22.7 Å². The second-order valence-electron chi connectivity index (χ2n) is 5.02. The summed E-state index contributed by atoms with van der Waals surface area (Å²) in [6.45, 7) is 2.30. The van der Waals surface area contributed by atoms with Crippen LogP contribution in [0.25, 0.3) is 0 Å². The summed E-state index contributed by atoms with van der Waals surface area (Å²) in [4.78, 5) is 0. The number of aliphatic hydroxyl groups is 1. The van der Waals surface area contributed by atoms with Gasteiger partial charge in [0.1, 0.15) is 23.8 Å². The van der Waals surface area contributed by atoms with Crippen molar-refractivity contribution in [3.05, 3.63) is 28.5 Å². The van der Waals surface area contributed by atoms with Gasteiger partial charge in [0.05, 0.1) is 4.47 Å². The molecule has 1 atom stereocenters. The van der Waals surface area contributed by atoms with E-state index < -0.39 is 5.60 Å². The van der Waals surface area contributed by atoms with Crippen molar-refractivity contribution in [3.8, 4) is 5.75 Å². The Bertz CT molecular complexity index is 421. The van der Waals surface area contributed by atoms with E-state index in [1.165, 1.54) is 25.0 Å². The minimum atomic E-state index is -0.964. The van der Waals surface area contributed by atoms with E-state index >= 15 is 0 Å². The first-order valence-electron chi connectivity index (χ1n) is 6.00. The van der Waals surface area contributed by atoms with Gasteiger partial charge in [-0.15, -0.1) is 0 Å². The van der Waals surface area contributed by atoms with Crippen LogP contribution in [0, 0.1) is 5.82 Å². The van der Waals surface area contributed by atoms with Crippen molar-refractivity contribution >= 4 is 15.9 Å². The maximum atomic E-state index is 13.1. The highest BCUT2D eigenvalue weighted by atomic mass is 79.9. The van der Waals surface area contributed by atoms with Crippen LogP contribution in [0.2, 0.25) is 0 Å². The van der Waals surface area contributed by atoms with Crippen LogP contribution < -0.4 is 10.1 Å². The van der Waals surface area contributed by atoms with Crippen molar-refractivity contribution in [2.45, 2.75) is 31.4 Å². The zero-order chi connectivity index (χ0) is 13.2. The zero-order valence-corrected chi connectivity index (χ0v) is 11.8. The molecule has 2 N–H and O–H groups in total. The molecule has 0 aliphatic heterocycles. The van der Waals surface area contributed by atoms with E-state index in [9.17, 15) is 9.50 Å². The Hall–Kier alpha value is -0.650. The zero-order valence-electron chi connectivity index (χ0n) is 10.2. The lowest BCUT2D eigenvalue weighted by Crippen LogP contribution is -2.43. The summed E-state index contributed by atoms with van der Waals surface area (Å²) < 4.78 is 19.2. The first kappa shape index (κ1) is 13.8. The summed E-state index contributed by atoms with van der Waals surface area (Å²) in [7, 11) is 0. The Morgan fingerprint density at radius 1 is 1.56 bits per heavy atom. The number of hydrogen-bond donors (Lipinski definition) is 2. The SMILES string of the molecule is CC(O)(CNC1CC1)COc1cc(F)ccc1Br. The van der Waals surface area contributed by atoms with E-state index in [1.807, 2.05) is 0 Å². The van der Waals surface area contributed by atoms with E-state index in [1.54, 1.807) is 13.0 Å². The molecule has 100 valence electrons. The number of benzene rings is 1. The molecule has 5 heteroatoms. The van der Waals surface area contributed by atoms with Gasteiger partial charge in [-0.1, -0.05) is 0 Å². The van der Waals surface area contributed by atoms with Gasteiger partial charge in [0.2, 0.25) is 0 Å². The fourth-order valence-corrected chi connectivity index (χ4v) is 1.88. The first-order chi connectivity index (χ1) is 8.46. The molecule has 2 rings (SSSR count). The van der Waals surface area contributed by atoms with Gasteiger partial charge in [0.25, 0.3) is 0 Å². The molecule has 0 bridgehead atoms. The number of hydrogen-bond acceptors (Lipinski definition) is 3. The predicted molar refractivity (Wildman–Crippen MR) is 71.2 cm³/mol. The third-order valence-corrected chi connectivity index (χ3v) is 3.44. The Morgan fingerprint density at radius 2 is 2.28 bits per heavy atom. The third kappa shape index (κ3) is 4.23. The average molecular weight is 318 g/mol. The maximum absolute atomic E-state index is 13.1. The summed E-state index contributed by atoms with van der Waals surface area (Å²) >= 11 is 3.28. The maximum Gasteiger partial charge on any atom is 0.136 e. The van der Waals surface area contributed by atoms with E-state index in [0.29, 0.717) is 22.8 Å². The molecule has 0 heterocycles. The van der Waals surface area contributed by atoms with Crippen molar-refractivity contribution in [2.75, 3.05) is 13.2 Å². The van der Waals surface area contributed by atoms with Crippen LogP contribution in [-0.4, -0.2) is 29.9 Å². The standard InChI is InChI=1S/C13H17BrFNO2/c1-13(17,7-16-10-3-4-10)8-18-12-6-9(15)2-5-11(12)14/h2,5-6,10,16-17H,3-4,7-8H2,1H3. The molecule has 1 saturated carbocycles. The lowest BCUT2D eigenvalue weighted by atomic mass is 10.1. The lowest BCUT2D eigenvalue weighted by molar-refractivity contribution is 0.0117. The molecule has 0 spiro atoms. The molecule has 1 fully saturated rings. The molecule has 0 aromatic heterocycles. The number of halogens is 2. The Morgan fingerprint density at radius 3 is 2.94 bits per heavy atom. The molecule has 1 unspecified atom stereocenters. The van der Waals surface area contributed by atoms with Crippen LogP contribution in [0.4, 0.5) is 4.39 Å². The van der Waals surface area contributed by atoms with Gasteiger partial charge in [-0.2, -0.15) is 0 Å². The monoisotopic (exact) mass is 317 g/mol. The van der Waals surface area contributed by atoms with Gasteiger partial charge >= 0.3 is 0 Å². The Labute approximate surface area is 114 Å². The van der Waals surface area contributed by atoms with E-state index in [0.717, 1.165) is 0 Å². The predicted octanol–water partition coefficient (Wildman–Crippen LogP) is 2.47. The van der Waals surface area contributed by atoms with E-state index in [-0.39, 0.29) is 12.4 Å². The number of ether oxygens (including phenoxy) is 1. The quantitative estimate of drug-likeness (QED) is 0.847. The largest absolute Gasteiger partial charge is 0.489 e. The van der Waals surface area contributed by atoms with Crippen LogP contribution in [0.3, 0.4) is 0 Å². The summed E-state index contributed by atoms with van der Waals surface area (Å²) in [5.74, 6) is 0.0469. The molecule has 1 aliphatic rings. The van der Waals surface area contributed by atoms with Gasteiger partial charge in [-0.05, 0) is 47.8 Å². The molecule has 1 aliphatic carbocycles. The Kier molecular flexibility index (Phi) is 4.25. The van der Waals surface area contributed by atoms with Crippen molar-refractivity contribution in [1.82, 2.24) is 5.32 Å². The normalized spacial score (nSPS) is 18.4. The minimum absolute atomic E-state index is 0.120. The molecule has 0 amide bonds. The van der Waals surface area contributed by atoms with Crippen LogP contribution in [-0.2, 0) is 0 Å². The fourth-order valence-electron chi connectivity index (χ4n) is 1.52. The molecule has 1 aromatic carbocycles.